The predicted molar refractivity (Wildman–Crippen MR) is 96.0 cm³/mol. The summed E-state index contributed by atoms with van der Waals surface area (Å²) in [6, 6.07) is 0. The molecule has 4 aliphatic rings. The Morgan fingerprint density at radius 3 is 2.64 bits per heavy atom. The van der Waals surface area contributed by atoms with Gasteiger partial charge in [-0.2, -0.15) is 0 Å². The van der Waals surface area contributed by atoms with E-state index in [1.165, 1.54) is 25.7 Å². The van der Waals surface area contributed by atoms with E-state index in [-0.39, 0.29) is 35.1 Å². The highest BCUT2D eigenvalue weighted by atomic mass is 16.6. The normalized spacial score (nSPS) is 39.0. The number of fused-ring (bicyclic) bond motifs is 3. The molecule has 1 saturated carbocycles. The van der Waals surface area contributed by atoms with Gasteiger partial charge in [-0.15, -0.1) is 0 Å². The van der Waals surface area contributed by atoms with Crippen molar-refractivity contribution in [3.05, 3.63) is 23.3 Å². The summed E-state index contributed by atoms with van der Waals surface area (Å²) in [5.41, 5.74) is 1.74. The first-order chi connectivity index (χ1) is 12.0. The molecule has 2 aliphatic heterocycles. The van der Waals surface area contributed by atoms with Crippen LogP contribution in [-0.2, 0) is 14.3 Å². The summed E-state index contributed by atoms with van der Waals surface area (Å²) in [5.74, 6) is 0.216. The number of esters is 1. The average Bonchev–Trinajstić information content (AvgIpc) is 2.76. The van der Waals surface area contributed by atoms with E-state index in [0.717, 1.165) is 43.6 Å². The number of hydrogen-bond acceptors (Lipinski definition) is 4. The monoisotopic (exact) mass is 343 g/mol. The molecular formula is C21H29NO3. The number of rotatable bonds is 2. The van der Waals surface area contributed by atoms with Crippen LogP contribution in [0.15, 0.2) is 23.3 Å². The second-order valence-corrected chi connectivity index (χ2v) is 8.54. The number of hydrogen-bond donors (Lipinski definition) is 0. The number of allylic oxidation sites excluding steroid dienone is 3. The van der Waals surface area contributed by atoms with Gasteiger partial charge in [-0.25, -0.2) is 0 Å². The van der Waals surface area contributed by atoms with E-state index in [1.807, 2.05) is 13.0 Å². The molecule has 0 N–H and O–H groups in total. The van der Waals surface area contributed by atoms with Gasteiger partial charge in [-0.3, -0.25) is 9.59 Å². The smallest absolute Gasteiger partial charge is 0.311 e. The molecular weight excluding hydrogens is 314 g/mol. The first-order valence-corrected chi connectivity index (χ1v) is 9.87. The van der Waals surface area contributed by atoms with Crippen molar-refractivity contribution >= 4 is 11.8 Å². The van der Waals surface area contributed by atoms with Crippen LogP contribution in [0.4, 0.5) is 0 Å². The van der Waals surface area contributed by atoms with Crippen LogP contribution in [0.25, 0.3) is 0 Å². The minimum absolute atomic E-state index is 0.0334. The zero-order valence-corrected chi connectivity index (χ0v) is 15.4. The molecule has 4 heteroatoms. The van der Waals surface area contributed by atoms with E-state index in [4.69, 9.17) is 4.74 Å². The minimum atomic E-state index is -0.197. The molecule has 136 valence electrons. The van der Waals surface area contributed by atoms with Crippen molar-refractivity contribution in [3.8, 4) is 0 Å². The summed E-state index contributed by atoms with van der Waals surface area (Å²) < 4.78 is 5.89. The minimum Gasteiger partial charge on any atom is -0.457 e. The number of carbonyl (C=O) groups excluding carboxylic acids is 2. The highest BCUT2D eigenvalue weighted by Gasteiger charge is 2.54. The third-order valence-electron chi connectivity index (χ3n) is 6.88. The number of ether oxygens (including phenoxy) is 1. The fourth-order valence-electron chi connectivity index (χ4n) is 5.38. The first-order valence-electron chi connectivity index (χ1n) is 9.87. The van der Waals surface area contributed by atoms with Gasteiger partial charge in [0, 0.05) is 23.5 Å². The Balaban J connectivity index is 1.58. The summed E-state index contributed by atoms with van der Waals surface area (Å²) in [6.45, 7) is 7.11. The van der Waals surface area contributed by atoms with Crippen molar-refractivity contribution in [2.75, 3.05) is 19.6 Å². The van der Waals surface area contributed by atoms with Crippen molar-refractivity contribution in [1.29, 1.82) is 0 Å². The van der Waals surface area contributed by atoms with Crippen LogP contribution in [0.3, 0.4) is 0 Å². The van der Waals surface area contributed by atoms with E-state index >= 15 is 0 Å². The van der Waals surface area contributed by atoms with Gasteiger partial charge in [0.1, 0.15) is 6.10 Å². The molecule has 1 unspecified atom stereocenters. The van der Waals surface area contributed by atoms with Crippen molar-refractivity contribution in [3.63, 3.8) is 0 Å². The van der Waals surface area contributed by atoms with E-state index in [9.17, 15) is 9.59 Å². The Morgan fingerprint density at radius 2 is 1.92 bits per heavy atom. The predicted octanol–water partition coefficient (Wildman–Crippen LogP) is 3.28. The summed E-state index contributed by atoms with van der Waals surface area (Å²) in [5, 5.41) is 0. The van der Waals surface area contributed by atoms with Crippen LogP contribution in [0.2, 0.25) is 0 Å². The molecule has 0 aromatic carbocycles. The van der Waals surface area contributed by atoms with Crippen LogP contribution in [0.5, 0.6) is 0 Å². The Labute approximate surface area is 150 Å². The molecule has 2 saturated heterocycles. The molecule has 25 heavy (non-hydrogen) atoms. The van der Waals surface area contributed by atoms with Crippen LogP contribution >= 0.6 is 0 Å². The lowest BCUT2D eigenvalue weighted by Gasteiger charge is -2.43. The maximum absolute atomic E-state index is 12.7. The second-order valence-electron chi connectivity index (χ2n) is 8.54. The number of nitrogens with zero attached hydrogens (tertiary/aromatic N) is 1. The molecule has 0 spiro atoms. The maximum Gasteiger partial charge on any atom is 0.311 e. The number of carbonyl (C=O) groups is 2. The molecule has 4 nitrogen and oxygen atoms in total. The molecule has 3 fully saturated rings. The molecule has 4 atom stereocenters. The Morgan fingerprint density at radius 1 is 1.20 bits per heavy atom. The molecule has 0 bridgehead atoms. The van der Waals surface area contributed by atoms with Gasteiger partial charge in [0.05, 0.1) is 5.92 Å². The van der Waals surface area contributed by atoms with Gasteiger partial charge in [0.15, 0.2) is 5.78 Å². The highest BCUT2D eigenvalue weighted by Crippen LogP contribution is 2.53. The van der Waals surface area contributed by atoms with Crippen molar-refractivity contribution in [1.82, 2.24) is 4.90 Å². The highest BCUT2D eigenvalue weighted by molar-refractivity contribution is 6.05. The molecule has 2 heterocycles. The largest absolute Gasteiger partial charge is 0.457 e. The lowest BCUT2D eigenvalue weighted by molar-refractivity contribution is -0.144. The van der Waals surface area contributed by atoms with E-state index in [0.29, 0.717) is 0 Å². The van der Waals surface area contributed by atoms with Crippen LogP contribution in [0.1, 0.15) is 52.4 Å². The maximum atomic E-state index is 12.7. The van der Waals surface area contributed by atoms with Gasteiger partial charge >= 0.3 is 5.97 Å². The van der Waals surface area contributed by atoms with E-state index < -0.39 is 0 Å². The lowest BCUT2D eigenvalue weighted by atomic mass is 9.61. The van der Waals surface area contributed by atoms with Crippen LogP contribution in [0, 0.1) is 17.3 Å². The van der Waals surface area contributed by atoms with Crippen LogP contribution in [-0.4, -0.2) is 42.4 Å². The molecule has 4 rings (SSSR count). The molecule has 0 amide bonds. The summed E-state index contributed by atoms with van der Waals surface area (Å²) in [4.78, 5) is 27.4. The topological polar surface area (TPSA) is 46.6 Å². The standard InChI is InChI=1S/C21H29NO3/c1-14-17(23)8-10-21(2)9-7-15-16(20(24)25-19(15)18(14)21)13-22-11-5-3-4-6-12-22/h8,10,15-16,19H,3-7,9,11-13H2,1-2H3/t15-,16?,19-,21-/m0/s1. The van der Waals surface area contributed by atoms with Crippen LogP contribution < -0.4 is 0 Å². The van der Waals surface area contributed by atoms with Crippen molar-refractivity contribution in [2.45, 2.75) is 58.5 Å². The zero-order valence-electron chi connectivity index (χ0n) is 15.4. The summed E-state index contributed by atoms with van der Waals surface area (Å²) in [7, 11) is 0. The third kappa shape index (κ3) is 2.88. The third-order valence-corrected chi connectivity index (χ3v) is 6.88. The number of likely N-dealkylation sites (tertiary alicyclic amines) is 1. The average molecular weight is 343 g/mol. The zero-order chi connectivity index (χ0) is 17.6. The van der Waals surface area contributed by atoms with E-state index in [1.54, 1.807) is 6.08 Å². The first kappa shape index (κ1) is 17.0. The van der Waals surface area contributed by atoms with Gasteiger partial charge in [-0.05, 0) is 57.3 Å². The Kier molecular flexibility index (Phi) is 4.35. The molecule has 0 aromatic rings. The second kappa shape index (κ2) is 6.39. The fraction of sp³-hybridized carbons (Fsp3) is 0.714. The van der Waals surface area contributed by atoms with Gasteiger partial charge < -0.3 is 9.64 Å². The summed E-state index contributed by atoms with van der Waals surface area (Å²) in [6.07, 6.45) is 10.6. The van der Waals surface area contributed by atoms with E-state index in [2.05, 4.69) is 11.8 Å². The lowest BCUT2D eigenvalue weighted by Crippen LogP contribution is -2.42. The van der Waals surface area contributed by atoms with Gasteiger partial charge in [-0.1, -0.05) is 25.8 Å². The molecule has 2 aliphatic carbocycles. The summed E-state index contributed by atoms with van der Waals surface area (Å²) >= 11 is 0. The molecule has 0 aromatic heterocycles. The Hall–Kier alpha value is -1.42. The molecule has 0 radical (unpaired) electrons. The SMILES string of the molecule is CC1=C2[C@H]3OC(=O)C(CN4CCCCCC4)[C@@H]3CC[C@@]2(C)C=CC1=O. The van der Waals surface area contributed by atoms with Gasteiger partial charge in [0.2, 0.25) is 0 Å². The number of ketones is 1. The van der Waals surface area contributed by atoms with Crippen molar-refractivity contribution < 1.29 is 14.3 Å². The van der Waals surface area contributed by atoms with Gasteiger partial charge in [0.25, 0.3) is 0 Å². The fourth-order valence-corrected chi connectivity index (χ4v) is 5.38. The van der Waals surface area contributed by atoms with Crippen molar-refractivity contribution in [2.24, 2.45) is 17.3 Å². The quantitative estimate of drug-likeness (QED) is 0.722. The Bertz CT molecular complexity index is 642.